The van der Waals surface area contributed by atoms with E-state index >= 15 is 0 Å². The summed E-state index contributed by atoms with van der Waals surface area (Å²) in [5.41, 5.74) is 1.33. The molecule has 1 aliphatic rings. The predicted octanol–water partition coefficient (Wildman–Crippen LogP) is 5.13. The minimum Gasteiger partial charge on any atom is -0.465 e. The first-order valence-corrected chi connectivity index (χ1v) is 12.2. The lowest BCUT2D eigenvalue weighted by Gasteiger charge is -2.38. The molecular formula is C29H29FN2O4. The Labute approximate surface area is 209 Å². The molecule has 1 saturated heterocycles. The van der Waals surface area contributed by atoms with Gasteiger partial charge in [0.05, 0.1) is 11.9 Å². The van der Waals surface area contributed by atoms with Crippen molar-refractivity contribution in [1.29, 1.82) is 0 Å². The molecule has 0 radical (unpaired) electrons. The molecule has 0 unspecified atom stereocenters. The van der Waals surface area contributed by atoms with Crippen LogP contribution in [0.3, 0.4) is 0 Å². The zero-order valence-corrected chi connectivity index (χ0v) is 20.0. The number of amides is 1. The van der Waals surface area contributed by atoms with Gasteiger partial charge in [-0.05, 0) is 78.9 Å². The van der Waals surface area contributed by atoms with Gasteiger partial charge in [0.1, 0.15) is 17.2 Å². The number of carbonyl (C=O) groups excluding carboxylic acids is 1. The molecule has 7 heteroatoms. The van der Waals surface area contributed by atoms with Gasteiger partial charge in [0, 0.05) is 31.6 Å². The van der Waals surface area contributed by atoms with Crippen LogP contribution in [0.2, 0.25) is 0 Å². The molecule has 36 heavy (non-hydrogen) atoms. The molecule has 1 aliphatic heterocycles. The van der Waals surface area contributed by atoms with Gasteiger partial charge in [0.15, 0.2) is 5.76 Å². The van der Waals surface area contributed by atoms with Gasteiger partial charge in [-0.1, -0.05) is 24.3 Å². The van der Waals surface area contributed by atoms with Crippen molar-refractivity contribution in [2.75, 3.05) is 26.2 Å². The maximum absolute atomic E-state index is 13.3. The number of aliphatic hydroxyl groups is 1. The van der Waals surface area contributed by atoms with Crippen molar-refractivity contribution in [3.05, 3.63) is 101 Å². The highest BCUT2D eigenvalue weighted by molar-refractivity contribution is 5.96. The fourth-order valence-corrected chi connectivity index (χ4v) is 4.64. The van der Waals surface area contributed by atoms with Crippen molar-refractivity contribution < 1.29 is 23.1 Å². The molecule has 1 amide bonds. The topological polar surface area (TPSA) is 78.9 Å². The van der Waals surface area contributed by atoms with Crippen molar-refractivity contribution in [2.24, 2.45) is 0 Å². The van der Waals surface area contributed by atoms with E-state index in [-0.39, 0.29) is 17.5 Å². The van der Waals surface area contributed by atoms with Crippen molar-refractivity contribution in [1.82, 2.24) is 10.2 Å². The van der Waals surface area contributed by atoms with E-state index in [1.54, 1.807) is 18.4 Å². The van der Waals surface area contributed by atoms with Crippen molar-refractivity contribution in [3.8, 4) is 0 Å². The minimum atomic E-state index is -0.917. The quantitative estimate of drug-likeness (QED) is 0.359. The molecule has 2 N–H and O–H groups in total. The number of furan rings is 2. The summed E-state index contributed by atoms with van der Waals surface area (Å²) in [6.07, 6.45) is 7.46. The second kappa shape index (κ2) is 10.5. The molecule has 2 aromatic carbocycles. The molecule has 0 atom stereocenters. The van der Waals surface area contributed by atoms with Crippen molar-refractivity contribution >= 4 is 23.0 Å². The number of nitrogens with zero attached hydrogens (tertiary/aromatic N) is 1. The van der Waals surface area contributed by atoms with Crippen LogP contribution in [0.15, 0.2) is 81.8 Å². The lowest BCUT2D eigenvalue weighted by molar-refractivity contribution is -0.0232. The molecule has 5 rings (SSSR count). The lowest BCUT2D eigenvalue weighted by Crippen LogP contribution is -2.42. The van der Waals surface area contributed by atoms with Gasteiger partial charge in [-0.2, -0.15) is 0 Å². The zero-order chi connectivity index (χ0) is 25.0. The van der Waals surface area contributed by atoms with Gasteiger partial charge >= 0.3 is 0 Å². The number of fused-ring (bicyclic) bond motifs is 1. The molecule has 0 bridgehead atoms. The van der Waals surface area contributed by atoms with E-state index in [2.05, 4.69) is 16.3 Å². The van der Waals surface area contributed by atoms with E-state index in [1.807, 2.05) is 42.5 Å². The Morgan fingerprint density at radius 3 is 2.75 bits per heavy atom. The van der Waals surface area contributed by atoms with Gasteiger partial charge in [-0.3, -0.25) is 9.69 Å². The number of hydrogen-bond donors (Lipinski definition) is 2. The third kappa shape index (κ3) is 5.58. The van der Waals surface area contributed by atoms with Gasteiger partial charge in [-0.15, -0.1) is 0 Å². The van der Waals surface area contributed by atoms with E-state index in [9.17, 15) is 14.3 Å². The largest absolute Gasteiger partial charge is 0.465 e. The molecule has 2 aromatic heterocycles. The maximum Gasteiger partial charge on any atom is 0.287 e. The molecule has 0 saturated carbocycles. The van der Waals surface area contributed by atoms with Crippen LogP contribution in [-0.4, -0.2) is 42.1 Å². The first-order valence-electron chi connectivity index (χ1n) is 12.2. The van der Waals surface area contributed by atoms with Crippen molar-refractivity contribution in [3.63, 3.8) is 0 Å². The predicted molar refractivity (Wildman–Crippen MR) is 136 cm³/mol. The SMILES string of the molecule is O=C(NCCc1cccc(F)c1)c1cc2cc(C3(O)CCN(CC=Cc4ccco4)CC3)ccc2o1. The summed E-state index contributed by atoms with van der Waals surface area (Å²) >= 11 is 0. The average Bonchev–Trinajstić information content (AvgIpc) is 3.55. The van der Waals surface area contributed by atoms with Crippen LogP contribution in [-0.2, 0) is 12.0 Å². The Balaban J connectivity index is 1.18. The minimum absolute atomic E-state index is 0.214. The van der Waals surface area contributed by atoms with Crippen LogP contribution < -0.4 is 5.32 Å². The Bertz CT molecular complexity index is 1350. The van der Waals surface area contributed by atoms with E-state index in [1.165, 1.54) is 12.1 Å². The molecule has 3 heterocycles. The number of halogens is 1. The number of carbonyl (C=O) groups is 1. The highest BCUT2D eigenvalue weighted by atomic mass is 19.1. The summed E-state index contributed by atoms with van der Waals surface area (Å²) < 4.78 is 24.4. The Morgan fingerprint density at radius 1 is 1.11 bits per heavy atom. The highest BCUT2D eigenvalue weighted by Gasteiger charge is 2.34. The summed E-state index contributed by atoms with van der Waals surface area (Å²) in [6.45, 7) is 2.73. The smallest absolute Gasteiger partial charge is 0.287 e. The Morgan fingerprint density at radius 2 is 1.97 bits per heavy atom. The molecule has 0 aliphatic carbocycles. The van der Waals surface area contributed by atoms with Gasteiger partial charge in [0.25, 0.3) is 5.91 Å². The number of rotatable bonds is 8. The summed E-state index contributed by atoms with van der Waals surface area (Å²) in [6, 6.07) is 17.4. The molecule has 4 aromatic rings. The van der Waals surface area contributed by atoms with Crippen LogP contribution in [0.25, 0.3) is 17.0 Å². The molecule has 0 spiro atoms. The molecule has 1 fully saturated rings. The van der Waals surface area contributed by atoms with Gasteiger partial charge < -0.3 is 19.3 Å². The lowest BCUT2D eigenvalue weighted by atomic mass is 9.84. The second-order valence-electron chi connectivity index (χ2n) is 9.25. The standard InChI is InChI=1S/C29H29FN2O4/c30-24-5-1-4-21(18-24)10-13-31-28(33)27-20-22-19-23(8-9-26(22)36-27)29(34)11-15-32(16-12-29)14-2-6-25-7-3-17-35-25/h1-9,17-20,34H,10-16H2,(H,31,33). The van der Waals surface area contributed by atoms with Crippen LogP contribution in [0, 0.1) is 5.82 Å². The third-order valence-electron chi connectivity index (χ3n) is 6.74. The average molecular weight is 489 g/mol. The third-order valence-corrected chi connectivity index (χ3v) is 6.74. The number of likely N-dealkylation sites (tertiary alicyclic amines) is 1. The van der Waals surface area contributed by atoms with Crippen LogP contribution in [0.5, 0.6) is 0 Å². The van der Waals surface area contributed by atoms with Gasteiger partial charge in [0.2, 0.25) is 0 Å². The highest BCUT2D eigenvalue weighted by Crippen LogP contribution is 2.35. The van der Waals surface area contributed by atoms with E-state index in [0.717, 1.165) is 41.9 Å². The zero-order valence-electron chi connectivity index (χ0n) is 20.0. The number of piperidine rings is 1. The Hall–Kier alpha value is -3.68. The normalized spacial score (nSPS) is 16.1. The van der Waals surface area contributed by atoms with E-state index in [4.69, 9.17) is 8.83 Å². The van der Waals surface area contributed by atoms with Crippen LogP contribution in [0.1, 0.15) is 40.3 Å². The molecule has 186 valence electrons. The first kappa shape index (κ1) is 24.0. The van der Waals surface area contributed by atoms with E-state index < -0.39 is 5.60 Å². The number of hydrogen-bond acceptors (Lipinski definition) is 5. The monoisotopic (exact) mass is 488 g/mol. The van der Waals surface area contributed by atoms with E-state index in [0.29, 0.717) is 31.4 Å². The molecular weight excluding hydrogens is 459 g/mol. The van der Waals surface area contributed by atoms with Crippen LogP contribution >= 0.6 is 0 Å². The fourth-order valence-electron chi connectivity index (χ4n) is 4.64. The fraction of sp³-hybridized carbons (Fsp3) is 0.276. The summed E-state index contributed by atoms with van der Waals surface area (Å²) in [5.74, 6) is 0.433. The first-order chi connectivity index (χ1) is 17.5. The summed E-state index contributed by atoms with van der Waals surface area (Å²) in [7, 11) is 0. The summed E-state index contributed by atoms with van der Waals surface area (Å²) in [4.78, 5) is 14.9. The Kier molecular flexibility index (Phi) is 7.02. The summed E-state index contributed by atoms with van der Waals surface area (Å²) in [5, 5.41) is 15.0. The van der Waals surface area contributed by atoms with Gasteiger partial charge in [-0.25, -0.2) is 4.39 Å². The number of nitrogens with one attached hydrogen (secondary N) is 1. The number of benzene rings is 2. The maximum atomic E-state index is 13.3. The second-order valence-corrected chi connectivity index (χ2v) is 9.25. The van der Waals surface area contributed by atoms with Crippen molar-refractivity contribution in [2.45, 2.75) is 24.9 Å². The van der Waals surface area contributed by atoms with Crippen LogP contribution in [0.4, 0.5) is 4.39 Å². The molecule has 6 nitrogen and oxygen atoms in total.